The molecule has 10 nitrogen and oxygen atoms in total. The van der Waals surface area contributed by atoms with Crippen molar-refractivity contribution in [1.29, 1.82) is 5.41 Å². The van der Waals surface area contributed by atoms with Crippen LogP contribution in [0.5, 0.6) is 0 Å². The van der Waals surface area contributed by atoms with Crippen molar-refractivity contribution in [3.05, 3.63) is 70.8 Å². The van der Waals surface area contributed by atoms with Crippen LogP contribution in [-0.4, -0.2) is 60.9 Å². The maximum atomic E-state index is 13.0. The minimum atomic E-state index is -3.98. The van der Waals surface area contributed by atoms with Crippen molar-refractivity contribution in [2.75, 3.05) is 11.5 Å². The number of aliphatic hydroxyl groups is 1. The number of amides is 2. The largest absolute Gasteiger partial charge is 0.391 e. The molecule has 0 aliphatic rings. The Morgan fingerprint density at radius 2 is 1.76 bits per heavy atom. The number of nitrogens with one attached hydrogen (secondary N) is 4. The molecule has 0 bridgehead atoms. The highest BCUT2D eigenvalue weighted by Crippen LogP contribution is 2.12. The number of carbonyl (C=O) groups is 2. The monoisotopic (exact) mass is 549 g/mol. The fourth-order valence-electron chi connectivity index (χ4n) is 3.38. The van der Waals surface area contributed by atoms with E-state index in [0.29, 0.717) is 16.9 Å². The van der Waals surface area contributed by atoms with Gasteiger partial charge >= 0.3 is 0 Å². The Bertz CT molecular complexity index is 1190. The number of carbonyl (C=O) groups excluding carboxylic acids is 2. The van der Waals surface area contributed by atoms with Gasteiger partial charge in [-0.1, -0.05) is 55.5 Å². The average Bonchev–Trinajstić information content (AvgIpc) is 2.84. The molecule has 0 radical (unpaired) electrons. The van der Waals surface area contributed by atoms with Crippen molar-refractivity contribution in [1.82, 2.24) is 15.4 Å². The van der Waals surface area contributed by atoms with Crippen LogP contribution in [0.25, 0.3) is 0 Å². The zero-order valence-corrected chi connectivity index (χ0v) is 22.8. The van der Waals surface area contributed by atoms with Crippen molar-refractivity contribution in [2.45, 2.75) is 51.3 Å². The van der Waals surface area contributed by atoms with E-state index in [1.165, 1.54) is 18.7 Å². The molecular formula is C25H35N5O5S2. The van der Waals surface area contributed by atoms with Gasteiger partial charge < -0.3 is 21.5 Å². The molecule has 0 saturated heterocycles. The van der Waals surface area contributed by atoms with Gasteiger partial charge in [-0.25, -0.2) is 8.42 Å². The van der Waals surface area contributed by atoms with Crippen molar-refractivity contribution < 1.29 is 23.1 Å². The highest BCUT2D eigenvalue weighted by atomic mass is 32.2. The zero-order chi connectivity index (χ0) is 27.6. The van der Waals surface area contributed by atoms with Gasteiger partial charge in [0.15, 0.2) is 0 Å². The Labute approximate surface area is 222 Å². The van der Waals surface area contributed by atoms with Crippen LogP contribution in [0.15, 0.2) is 48.5 Å². The molecule has 202 valence electrons. The molecule has 0 aliphatic carbocycles. The summed E-state index contributed by atoms with van der Waals surface area (Å²) in [5, 5.41) is 23.0. The molecule has 2 aromatic carbocycles. The molecule has 0 aromatic heterocycles. The molecule has 0 aliphatic heterocycles. The number of thioether (sulfide) groups is 1. The first-order valence-electron chi connectivity index (χ1n) is 11.7. The predicted molar refractivity (Wildman–Crippen MR) is 147 cm³/mol. The molecule has 1 unspecified atom stereocenters. The van der Waals surface area contributed by atoms with E-state index in [4.69, 9.17) is 11.1 Å². The van der Waals surface area contributed by atoms with Crippen molar-refractivity contribution in [3.63, 3.8) is 0 Å². The summed E-state index contributed by atoms with van der Waals surface area (Å²) in [6.45, 7) is 5.19. The summed E-state index contributed by atoms with van der Waals surface area (Å²) >= 11 is 1.44. The van der Waals surface area contributed by atoms with Crippen LogP contribution in [0.4, 0.5) is 0 Å². The Morgan fingerprint density at radius 3 is 2.32 bits per heavy atom. The zero-order valence-electron chi connectivity index (χ0n) is 21.2. The summed E-state index contributed by atoms with van der Waals surface area (Å²) in [6, 6.07) is 11.4. The third kappa shape index (κ3) is 9.80. The van der Waals surface area contributed by atoms with Gasteiger partial charge in [0.05, 0.1) is 11.9 Å². The lowest BCUT2D eigenvalue weighted by Crippen LogP contribution is -2.57. The third-order valence-corrected chi connectivity index (χ3v) is 7.81. The summed E-state index contributed by atoms with van der Waals surface area (Å²) in [4.78, 5) is 25.9. The number of aliphatic hydroxyl groups excluding tert-OH is 1. The summed E-state index contributed by atoms with van der Waals surface area (Å²) in [5.74, 6) is -0.691. The number of benzene rings is 2. The first kappa shape index (κ1) is 30.3. The van der Waals surface area contributed by atoms with Crippen LogP contribution in [0.2, 0.25) is 0 Å². The maximum absolute atomic E-state index is 13.0. The van der Waals surface area contributed by atoms with Crippen LogP contribution in [-0.2, 0) is 31.9 Å². The van der Waals surface area contributed by atoms with Gasteiger partial charge in [0.25, 0.3) is 0 Å². The van der Waals surface area contributed by atoms with E-state index < -0.39 is 40.0 Å². The smallest absolute Gasteiger partial charge is 0.243 e. The van der Waals surface area contributed by atoms with Crippen molar-refractivity contribution in [2.24, 2.45) is 5.73 Å². The molecule has 2 amide bonds. The third-order valence-electron chi connectivity index (χ3n) is 5.53. The van der Waals surface area contributed by atoms with Gasteiger partial charge in [-0.2, -0.15) is 16.5 Å². The standard InChI is InChI=1S/C25H35N5O5S2/c1-4-36-14-21(24(32)28-13-18-9-11-19(12-10-18)23(26)27)29-25(33)22(17(3)31)30-37(34,35)15-20-8-6-5-7-16(20)2/h5-12,17,21-22,30-31H,4,13-15H2,1-3H3,(H3,26,27)(H,28,32)(H,29,33)/t17?,21-,22+/m0/s1. The number of nitrogens with two attached hydrogens (primary N) is 1. The van der Waals surface area contributed by atoms with E-state index in [-0.39, 0.29) is 23.9 Å². The minimum absolute atomic E-state index is 0.0582. The Hall–Kier alpha value is -2.93. The minimum Gasteiger partial charge on any atom is -0.391 e. The van der Waals surface area contributed by atoms with E-state index in [0.717, 1.165) is 11.1 Å². The normalized spacial score (nSPS) is 13.8. The van der Waals surface area contributed by atoms with Gasteiger partial charge in [-0.15, -0.1) is 0 Å². The number of aryl methyl sites for hydroxylation is 1. The highest BCUT2D eigenvalue weighted by molar-refractivity contribution is 7.99. The van der Waals surface area contributed by atoms with Gasteiger partial charge in [0.1, 0.15) is 17.9 Å². The van der Waals surface area contributed by atoms with E-state index in [2.05, 4.69) is 15.4 Å². The summed E-state index contributed by atoms with van der Waals surface area (Å²) in [5.41, 5.74) is 8.16. The predicted octanol–water partition coefficient (Wildman–Crippen LogP) is 1.00. The van der Waals surface area contributed by atoms with Gasteiger partial charge in [-0.3, -0.25) is 15.0 Å². The van der Waals surface area contributed by atoms with Crippen molar-refractivity contribution in [3.8, 4) is 0 Å². The average molecular weight is 550 g/mol. The molecule has 0 fully saturated rings. The number of nitrogen functional groups attached to an aromatic ring is 1. The lowest BCUT2D eigenvalue weighted by atomic mass is 10.1. The lowest BCUT2D eigenvalue weighted by Gasteiger charge is -2.24. The van der Waals surface area contributed by atoms with E-state index in [1.807, 2.05) is 6.92 Å². The van der Waals surface area contributed by atoms with Crippen molar-refractivity contribution >= 4 is 39.4 Å². The molecule has 37 heavy (non-hydrogen) atoms. The van der Waals surface area contributed by atoms with Crippen LogP contribution < -0.4 is 21.1 Å². The maximum Gasteiger partial charge on any atom is 0.243 e. The summed E-state index contributed by atoms with van der Waals surface area (Å²) in [7, 11) is -3.98. The second-order valence-corrected chi connectivity index (χ2v) is 11.6. The Morgan fingerprint density at radius 1 is 1.11 bits per heavy atom. The quantitative estimate of drug-likeness (QED) is 0.151. The fourth-order valence-corrected chi connectivity index (χ4v) is 5.59. The van der Waals surface area contributed by atoms with Gasteiger partial charge in [0, 0.05) is 17.9 Å². The number of sulfonamides is 1. The van der Waals surface area contributed by atoms with Gasteiger partial charge in [0.2, 0.25) is 21.8 Å². The first-order valence-corrected chi connectivity index (χ1v) is 14.6. The summed E-state index contributed by atoms with van der Waals surface area (Å²) < 4.78 is 27.8. The SMILES string of the molecule is CCSC[C@H](NC(=O)[C@H](NS(=O)(=O)Cc1ccccc1C)C(C)O)C(=O)NCc1ccc(C(=N)N)cc1. The van der Waals surface area contributed by atoms with E-state index in [9.17, 15) is 23.1 Å². The van der Waals surface area contributed by atoms with Crippen LogP contribution >= 0.6 is 11.8 Å². The number of amidine groups is 1. The molecular weight excluding hydrogens is 514 g/mol. The number of rotatable bonds is 14. The van der Waals surface area contributed by atoms with Crippen LogP contribution in [0, 0.1) is 12.3 Å². The number of hydrogen-bond donors (Lipinski definition) is 6. The van der Waals surface area contributed by atoms with Crippen LogP contribution in [0.3, 0.4) is 0 Å². The summed E-state index contributed by atoms with van der Waals surface area (Å²) in [6.07, 6.45) is -1.34. The van der Waals surface area contributed by atoms with Crippen LogP contribution in [0.1, 0.15) is 36.1 Å². The fraction of sp³-hybridized carbons (Fsp3) is 0.400. The topological polar surface area (TPSA) is 174 Å². The molecule has 0 saturated carbocycles. The second kappa shape index (κ2) is 14.1. The Kier molecular flexibility index (Phi) is 11.6. The first-order chi connectivity index (χ1) is 17.4. The number of hydrogen-bond acceptors (Lipinski definition) is 7. The molecule has 0 heterocycles. The molecule has 2 aromatic rings. The molecule has 2 rings (SSSR count). The van der Waals surface area contributed by atoms with E-state index in [1.54, 1.807) is 55.5 Å². The lowest BCUT2D eigenvalue weighted by molar-refractivity contribution is -0.130. The Balaban J connectivity index is 2.08. The van der Waals surface area contributed by atoms with Gasteiger partial charge in [-0.05, 0) is 36.3 Å². The molecule has 0 spiro atoms. The van der Waals surface area contributed by atoms with E-state index >= 15 is 0 Å². The second-order valence-electron chi connectivity index (χ2n) is 8.57. The highest BCUT2D eigenvalue weighted by Gasteiger charge is 2.32. The molecule has 7 N–H and O–H groups in total. The molecule has 3 atom stereocenters. The molecule has 12 heteroatoms.